The van der Waals surface area contributed by atoms with E-state index in [-0.39, 0.29) is 0 Å². The molecule has 0 amide bonds. The van der Waals surface area contributed by atoms with Gasteiger partial charge in [0.25, 0.3) is 0 Å². The number of benzene rings is 1. The molecular weight excluding hydrogens is 271 g/mol. The van der Waals surface area contributed by atoms with Crippen molar-refractivity contribution in [1.82, 2.24) is 15.5 Å². The summed E-state index contributed by atoms with van der Waals surface area (Å²) in [5.74, 6) is 0.481. The first-order valence-corrected chi connectivity index (χ1v) is 6.10. The van der Waals surface area contributed by atoms with Crippen LogP contribution in [0.1, 0.15) is 18.9 Å². The van der Waals surface area contributed by atoms with Gasteiger partial charge in [-0.3, -0.25) is 0 Å². The van der Waals surface area contributed by atoms with Crippen molar-refractivity contribution in [2.24, 2.45) is 0 Å². The lowest BCUT2D eigenvalue weighted by Gasteiger charge is -2.15. The van der Waals surface area contributed by atoms with Gasteiger partial charge >= 0.3 is 6.18 Å². The highest BCUT2D eigenvalue weighted by atomic mass is 19.4. The number of nitrogens with one attached hydrogen (secondary N) is 1. The highest BCUT2D eigenvalue weighted by molar-refractivity contribution is 5.54. The van der Waals surface area contributed by atoms with Crippen LogP contribution in [0.2, 0.25) is 0 Å². The van der Waals surface area contributed by atoms with E-state index in [0.717, 1.165) is 11.1 Å². The van der Waals surface area contributed by atoms with E-state index in [2.05, 4.69) is 20.0 Å². The molecule has 0 aliphatic heterocycles. The molecule has 1 atom stereocenters. The minimum Gasteiger partial charge on any atom is -0.342 e. The zero-order chi connectivity index (χ0) is 14.6. The third-order valence-corrected chi connectivity index (χ3v) is 2.77. The largest absolute Gasteiger partial charge is 0.390 e. The van der Waals surface area contributed by atoms with Crippen molar-refractivity contribution in [1.29, 1.82) is 0 Å². The van der Waals surface area contributed by atoms with Crippen LogP contribution in [0.4, 0.5) is 13.2 Å². The zero-order valence-corrected chi connectivity index (χ0v) is 10.8. The van der Waals surface area contributed by atoms with E-state index in [9.17, 15) is 13.2 Å². The lowest BCUT2D eigenvalue weighted by atomic mass is 10.1. The fourth-order valence-corrected chi connectivity index (χ4v) is 1.78. The van der Waals surface area contributed by atoms with Gasteiger partial charge in [-0.15, -0.1) is 0 Å². The lowest BCUT2D eigenvalue weighted by Crippen LogP contribution is -2.30. The minimum absolute atomic E-state index is 0.379. The summed E-state index contributed by atoms with van der Waals surface area (Å²) < 4.78 is 41.2. The predicted molar refractivity (Wildman–Crippen MR) is 66.7 cm³/mol. The molecule has 2 aromatic rings. The molecule has 2 rings (SSSR count). The van der Waals surface area contributed by atoms with Gasteiger partial charge in [0.2, 0.25) is 12.2 Å². The molecule has 0 saturated heterocycles. The normalized spacial score (nSPS) is 13.4. The molecule has 0 fully saturated rings. The monoisotopic (exact) mass is 285 g/mol. The zero-order valence-electron chi connectivity index (χ0n) is 10.8. The summed E-state index contributed by atoms with van der Waals surface area (Å²) in [4.78, 5) is 3.91. The Bertz CT molecular complexity index is 523. The van der Waals surface area contributed by atoms with Crippen molar-refractivity contribution in [2.45, 2.75) is 32.1 Å². The summed E-state index contributed by atoms with van der Waals surface area (Å²) in [5.41, 5.74) is 1.69. The van der Waals surface area contributed by atoms with Crippen molar-refractivity contribution in [3.63, 3.8) is 0 Å². The minimum atomic E-state index is -4.14. The molecule has 0 aliphatic carbocycles. The first kappa shape index (κ1) is 14.5. The van der Waals surface area contributed by atoms with Gasteiger partial charge in [0.1, 0.15) is 0 Å². The lowest BCUT2D eigenvalue weighted by molar-refractivity contribution is -0.139. The van der Waals surface area contributed by atoms with Crippen LogP contribution in [0.15, 0.2) is 35.2 Å². The van der Waals surface area contributed by atoms with Gasteiger partial charge in [-0.05, 0) is 12.5 Å². The van der Waals surface area contributed by atoms with Crippen LogP contribution in [0.25, 0.3) is 11.4 Å². The number of hydrogen-bond donors (Lipinski definition) is 1. The van der Waals surface area contributed by atoms with Crippen LogP contribution in [0.3, 0.4) is 0 Å². The Kier molecular flexibility index (Phi) is 4.39. The Morgan fingerprint density at radius 3 is 2.50 bits per heavy atom. The van der Waals surface area contributed by atoms with Crippen LogP contribution in [0.5, 0.6) is 0 Å². The van der Waals surface area contributed by atoms with Gasteiger partial charge < -0.3 is 9.84 Å². The fraction of sp³-hybridized carbons (Fsp3) is 0.385. The summed E-state index contributed by atoms with van der Waals surface area (Å²) in [6, 6.07) is 6.62. The average molecular weight is 285 g/mol. The third-order valence-electron chi connectivity index (χ3n) is 2.77. The summed E-state index contributed by atoms with van der Waals surface area (Å²) in [7, 11) is 0. The Labute approximate surface area is 114 Å². The fourth-order valence-electron chi connectivity index (χ4n) is 1.78. The molecule has 108 valence electrons. The van der Waals surface area contributed by atoms with Crippen molar-refractivity contribution in [3.8, 4) is 11.4 Å². The topological polar surface area (TPSA) is 51.0 Å². The Hall–Kier alpha value is -1.89. The van der Waals surface area contributed by atoms with E-state index < -0.39 is 18.6 Å². The molecule has 1 aromatic heterocycles. The molecule has 0 bridgehead atoms. The van der Waals surface area contributed by atoms with Gasteiger partial charge in [0.05, 0.1) is 6.42 Å². The maximum Gasteiger partial charge on any atom is 0.390 e. The SMILES string of the molecule is C[C@@H](CC(F)(F)F)NCc1ccc(-c2ncon2)cc1. The van der Waals surface area contributed by atoms with E-state index in [1.165, 1.54) is 13.3 Å². The second-order valence-corrected chi connectivity index (χ2v) is 4.55. The van der Waals surface area contributed by atoms with Crippen LogP contribution >= 0.6 is 0 Å². The number of halogens is 3. The van der Waals surface area contributed by atoms with Crippen LogP contribution in [0, 0.1) is 0 Å². The van der Waals surface area contributed by atoms with Crippen molar-refractivity contribution < 1.29 is 17.7 Å². The Morgan fingerprint density at radius 1 is 1.25 bits per heavy atom. The second-order valence-electron chi connectivity index (χ2n) is 4.55. The van der Waals surface area contributed by atoms with E-state index in [4.69, 9.17) is 0 Å². The molecule has 20 heavy (non-hydrogen) atoms. The Morgan fingerprint density at radius 2 is 1.95 bits per heavy atom. The predicted octanol–water partition coefficient (Wildman–Crippen LogP) is 3.17. The second kappa shape index (κ2) is 6.04. The summed E-state index contributed by atoms with van der Waals surface area (Å²) in [6.45, 7) is 1.89. The molecule has 0 spiro atoms. The van der Waals surface area contributed by atoms with Gasteiger partial charge in [-0.2, -0.15) is 18.2 Å². The van der Waals surface area contributed by atoms with Gasteiger partial charge in [0, 0.05) is 18.2 Å². The summed E-state index contributed by atoms with van der Waals surface area (Å²) in [5, 5.41) is 6.54. The molecular formula is C13H14F3N3O. The maximum absolute atomic E-state index is 12.2. The molecule has 0 unspecified atom stereocenters. The average Bonchev–Trinajstić information content (AvgIpc) is 2.89. The number of hydrogen-bond acceptors (Lipinski definition) is 4. The molecule has 0 aliphatic rings. The van der Waals surface area contributed by atoms with Crippen molar-refractivity contribution >= 4 is 0 Å². The summed E-state index contributed by atoms with van der Waals surface area (Å²) in [6.07, 6.45) is -3.74. The maximum atomic E-state index is 12.2. The molecule has 1 N–H and O–H groups in total. The highest BCUT2D eigenvalue weighted by Gasteiger charge is 2.29. The third kappa shape index (κ3) is 4.34. The smallest absolute Gasteiger partial charge is 0.342 e. The van der Waals surface area contributed by atoms with Gasteiger partial charge in [0.15, 0.2) is 0 Å². The molecule has 1 heterocycles. The molecule has 1 aromatic carbocycles. The molecule has 0 radical (unpaired) electrons. The Balaban J connectivity index is 1.88. The van der Waals surface area contributed by atoms with Crippen molar-refractivity contribution in [3.05, 3.63) is 36.2 Å². The van der Waals surface area contributed by atoms with Crippen LogP contribution in [-0.2, 0) is 6.54 Å². The molecule has 4 nitrogen and oxygen atoms in total. The van der Waals surface area contributed by atoms with Crippen LogP contribution in [-0.4, -0.2) is 22.4 Å². The van der Waals surface area contributed by atoms with E-state index in [0.29, 0.717) is 12.4 Å². The van der Waals surface area contributed by atoms with Gasteiger partial charge in [-0.25, -0.2) is 0 Å². The van der Waals surface area contributed by atoms with Gasteiger partial charge in [-0.1, -0.05) is 29.4 Å². The molecule has 0 saturated carbocycles. The first-order valence-electron chi connectivity index (χ1n) is 6.10. The van der Waals surface area contributed by atoms with Crippen molar-refractivity contribution in [2.75, 3.05) is 0 Å². The highest BCUT2D eigenvalue weighted by Crippen LogP contribution is 2.21. The van der Waals surface area contributed by atoms with E-state index in [1.54, 1.807) is 12.1 Å². The standard InChI is InChI=1S/C13H14F3N3O/c1-9(6-13(14,15)16)17-7-10-2-4-11(5-3-10)12-18-8-20-19-12/h2-5,8-9,17H,6-7H2,1H3/t9-/m0/s1. The quantitative estimate of drug-likeness (QED) is 0.916. The van der Waals surface area contributed by atoms with E-state index in [1.807, 2.05) is 12.1 Å². The number of alkyl halides is 3. The summed E-state index contributed by atoms with van der Waals surface area (Å²) >= 11 is 0. The van der Waals surface area contributed by atoms with E-state index >= 15 is 0 Å². The molecule has 7 heteroatoms. The number of rotatable bonds is 5. The first-order chi connectivity index (χ1) is 9.44. The van der Waals surface area contributed by atoms with Crippen LogP contribution < -0.4 is 5.32 Å². The number of nitrogens with zero attached hydrogens (tertiary/aromatic N) is 2. The number of aromatic nitrogens is 2.